The maximum absolute atomic E-state index is 13.0. The van der Waals surface area contributed by atoms with E-state index >= 15 is 0 Å². The van der Waals surface area contributed by atoms with Crippen LogP contribution in [0.5, 0.6) is 0 Å². The number of alkyl halides is 3. The van der Waals surface area contributed by atoms with Gasteiger partial charge in [-0.3, -0.25) is 4.79 Å². The molecule has 0 spiro atoms. The standard InChI is InChI=1S/C15H17F3N4O/c1-3-19-12(23)9-22(4-2)13-10-7-5-6-8-11(10)20-14(21-13)15(16,17)18/h5-8H,3-4,9H2,1-2H3,(H,19,23). The molecule has 0 saturated carbocycles. The van der Waals surface area contributed by atoms with Gasteiger partial charge in [-0.15, -0.1) is 0 Å². The summed E-state index contributed by atoms with van der Waals surface area (Å²) < 4.78 is 39.1. The van der Waals surface area contributed by atoms with Crippen molar-refractivity contribution in [3.63, 3.8) is 0 Å². The Morgan fingerprint density at radius 1 is 1.22 bits per heavy atom. The van der Waals surface area contributed by atoms with Gasteiger partial charge in [-0.2, -0.15) is 13.2 Å². The van der Waals surface area contributed by atoms with Crippen molar-refractivity contribution in [3.8, 4) is 0 Å². The van der Waals surface area contributed by atoms with Crippen molar-refractivity contribution in [1.29, 1.82) is 0 Å². The van der Waals surface area contributed by atoms with E-state index in [1.165, 1.54) is 11.0 Å². The van der Waals surface area contributed by atoms with Crippen molar-refractivity contribution in [1.82, 2.24) is 15.3 Å². The number of halogens is 3. The van der Waals surface area contributed by atoms with E-state index in [1.54, 1.807) is 32.0 Å². The summed E-state index contributed by atoms with van der Waals surface area (Å²) in [5, 5.41) is 3.11. The number of hydrogen-bond acceptors (Lipinski definition) is 4. The largest absolute Gasteiger partial charge is 0.451 e. The number of nitrogens with one attached hydrogen (secondary N) is 1. The number of rotatable bonds is 5. The maximum atomic E-state index is 13.0. The van der Waals surface area contributed by atoms with Crippen molar-refractivity contribution in [2.24, 2.45) is 0 Å². The number of aromatic nitrogens is 2. The predicted octanol–water partition coefficient (Wildman–Crippen LogP) is 2.61. The highest BCUT2D eigenvalue weighted by atomic mass is 19.4. The van der Waals surface area contributed by atoms with E-state index in [0.717, 1.165) is 0 Å². The number of likely N-dealkylation sites (N-methyl/N-ethyl adjacent to an activating group) is 2. The predicted molar refractivity (Wildman–Crippen MR) is 81.1 cm³/mol. The number of benzene rings is 1. The molecule has 8 heteroatoms. The van der Waals surface area contributed by atoms with Gasteiger partial charge in [-0.1, -0.05) is 12.1 Å². The summed E-state index contributed by atoms with van der Waals surface area (Å²) in [5.74, 6) is -1.37. The summed E-state index contributed by atoms with van der Waals surface area (Å²) in [6, 6.07) is 6.45. The van der Waals surface area contributed by atoms with E-state index in [1.807, 2.05) is 0 Å². The third-order valence-corrected chi connectivity index (χ3v) is 3.23. The first-order valence-electron chi connectivity index (χ1n) is 7.22. The van der Waals surface area contributed by atoms with E-state index in [2.05, 4.69) is 15.3 Å². The molecule has 0 aliphatic carbocycles. The zero-order valence-corrected chi connectivity index (χ0v) is 12.8. The van der Waals surface area contributed by atoms with Crippen molar-refractivity contribution in [3.05, 3.63) is 30.1 Å². The van der Waals surface area contributed by atoms with Crippen molar-refractivity contribution >= 4 is 22.6 Å². The highest BCUT2D eigenvalue weighted by molar-refractivity contribution is 5.91. The Kier molecular flexibility index (Phi) is 5.02. The van der Waals surface area contributed by atoms with Gasteiger partial charge in [0.2, 0.25) is 11.7 Å². The fourth-order valence-corrected chi connectivity index (χ4v) is 2.19. The molecule has 0 radical (unpaired) electrons. The molecule has 5 nitrogen and oxygen atoms in total. The van der Waals surface area contributed by atoms with E-state index in [4.69, 9.17) is 0 Å². The van der Waals surface area contributed by atoms with E-state index in [0.29, 0.717) is 18.5 Å². The maximum Gasteiger partial charge on any atom is 0.451 e. The summed E-state index contributed by atoms with van der Waals surface area (Å²) in [7, 11) is 0. The van der Waals surface area contributed by atoms with Crippen LogP contribution in [0.15, 0.2) is 24.3 Å². The second kappa shape index (κ2) is 6.80. The van der Waals surface area contributed by atoms with E-state index in [9.17, 15) is 18.0 Å². The number of carbonyl (C=O) groups excluding carboxylic acids is 1. The topological polar surface area (TPSA) is 58.1 Å². The molecular formula is C15H17F3N4O. The number of anilines is 1. The molecule has 1 amide bonds. The van der Waals surface area contributed by atoms with Gasteiger partial charge in [-0.25, -0.2) is 9.97 Å². The van der Waals surface area contributed by atoms with Gasteiger partial charge in [0, 0.05) is 18.5 Å². The molecule has 0 atom stereocenters. The summed E-state index contributed by atoms with van der Waals surface area (Å²) in [4.78, 5) is 20.5. The van der Waals surface area contributed by atoms with Gasteiger partial charge in [0.15, 0.2) is 0 Å². The Bertz CT molecular complexity index is 703. The van der Waals surface area contributed by atoms with Gasteiger partial charge in [0.25, 0.3) is 0 Å². The fraction of sp³-hybridized carbons (Fsp3) is 0.400. The smallest absolute Gasteiger partial charge is 0.355 e. The molecule has 0 bridgehead atoms. The van der Waals surface area contributed by atoms with Crippen LogP contribution in [0.25, 0.3) is 10.9 Å². The highest BCUT2D eigenvalue weighted by Gasteiger charge is 2.36. The van der Waals surface area contributed by atoms with Crippen molar-refractivity contribution < 1.29 is 18.0 Å². The molecule has 1 N–H and O–H groups in total. The van der Waals surface area contributed by atoms with Crippen LogP contribution in [-0.2, 0) is 11.0 Å². The Morgan fingerprint density at radius 3 is 2.52 bits per heavy atom. The number of carbonyl (C=O) groups is 1. The summed E-state index contributed by atoms with van der Waals surface area (Å²) in [5.41, 5.74) is 0.194. The average molecular weight is 326 g/mol. The zero-order valence-electron chi connectivity index (χ0n) is 12.8. The Balaban J connectivity index is 2.53. The molecule has 1 aromatic carbocycles. The summed E-state index contributed by atoms with van der Waals surface area (Å²) in [6.07, 6.45) is -4.65. The highest BCUT2D eigenvalue weighted by Crippen LogP contribution is 2.31. The Morgan fingerprint density at radius 2 is 1.91 bits per heavy atom. The molecule has 1 aromatic heterocycles. The lowest BCUT2D eigenvalue weighted by Gasteiger charge is -2.23. The number of para-hydroxylation sites is 1. The Labute approximate surface area is 131 Å². The second-order valence-corrected chi connectivity index (χ2v) is 4.85. The minimum Gasteiger partial charge on any atom is -0.355 e. The molecule has 0 unspecified atom stereocenters. The zero-order chi connectivity index (χ0) is 17.0. The molecule has 0 aliphatic heterocycles. The lowest BCUT2D eigenvalue weighted by Crippen LogP contribution is -2.38. The molecule has 0 aliphatic rings. The number of fused-ring (bicyclic) bond motifs is 1. The van der Waals surface area contributed by atoms with Crippen LogP contribution in [0, 0.1) is 0 Å². The SMILES string of the molecule is CCNC(=O)CN(CC)c1nc(C(F)(F)F)nc2ccccc12. The third kappa shape index (κ3) is 3.88. The first-order chi connectivity index (χ1) is 10.9. The van der Waals surface area contributed by atoms with Crippen molar-refractivity contribution in [2.45, 2.75) is 20.0 Å². The van der Waals surface area contributed by atoms with Crippen LogP contribution >= 0.6 is 0 Å². The van der Waals surface area contributed by atoms with Crippen LogP contribution in [0.2, 0.25) is 0 Å². The first-order valence-corrected chi connectivity index (χ1v) is 7.22. The lowest BCUT2D eigenvalue weighted by molar-refractivity contribution is -0.144. The number of amides is 1. The van der Waals surface area contributed by atoms with Crippen LogP contribution in [0.1, 0.15) is 19.7 Å². The molecule has 2 aromatic rings. The van der Waals surface area contributed by atoms with Crippen LogP contribution < -0.4 is 10.2 Å². The monoisotopic (exact) mass is 326 g/mol. The van der Waals surface area contributed by atoms with Crippen molar-refractivity contribution in [2.75, 3.05) is 24.5 Å². The number of hydrogen-bond donors (Lipinski definition) is 1. The van der Waals surface area contributed by atoms with Crippen LogP contribution in [0.3, 0.4) is 0 Å². The first kappa shape index (κ1) is 17.0. The second-order valence-electron chi connectivity index (χ2n) is 4.85. The molecule has 1 heterocycles. The minimum atomic E-state index is -4.65. The molecule has 124 valence electrons. The third-order valence-electron chi connectivity index (χ3n) is 3.23. The normalized spacial score (nSPS) is 11.5. The fourth-order valence-electron chi connectivity index (χ4n) is 2.19. The quantitative estimate of drug-likeness (QED) is 0.918. The lowest BCUT2D eigenvalue weighted by atomic mass is 10.2. The summed E-state index contributed by atoms with van der Waals surface area (Å²) in [6.45, 7) is 4.26. The minimum absolute atomic E-state index is 0.0668. The molecule has 23 heavy (non-hydrogen) atoms. The molecule has 0 saturated heterocycles. The van der Waals surface area contributed by atoms with Gasteiger partial charge in [0.05, 0.1) is 12.1 Å². The van der Waals surface area contributed by atoms with Gasteiger partial charge >= 0.3 is 6.18 Å². The molecular weight excluding hydrogens is 309 g/mol. The average Bonchev–Trinajstić information content (AvgIpc) is 2.51. The van der Waals surface area contributed by atoms with Crippen LogP contribution in [0.4, 0.5) is 19.0 Å². The molecule has 2 rings (SSSR count). The van der Waals surface area contributed by atoms with E-state index in [-0.39, 0.29) is 23.8 Å². The van der Waals surface area contributed by atoms with E-state index < -0.39 is 12.0 Å². The number of nitrogens with zero attached hydrogens (tertiary/aromatic N) is 3. The Hall–Kier alpha value is -2.38. The van der Waals surface area contributed by atoms with Gasteiger partial charge in [-0.05, 0) is 26.0 Å². The summed E-state index contributed by atoms with van der Waals surface area (Å²) >= 11 is 0. The van der Waals surface area contributed by atoms with Gasteiger partial charge < -0.3 is 10.2 Å². The van der Waals surface area contributed by atoms with Crippen LogP contribution in [-0.4, -0.2) is 35.5 Å². The van der Waals surface area contributed by atoms with Gasteiger partial charge in [0.1, 0.15) is 5.82 Å². The molecule has 0 fully saturated rings.